The minimum atomic E-state index is -0.478. The number of anilines is 1. The van der Waals surface area contributed by atoms with E-state index in [1.165, 1.54) is 24.9 Å². The van der Waals surface area contributed by atoms with Gasteiger partial charge < -0.3 is 10.0 Å². The number of aliphatic hydroxyl groups is 1. The number of hydrogen-bond acceptors (Lipinski definition) is 3. The Labute approximate surface area is 103 Å². The van der Waals surface area contributed by atoms with Crippen molar-refractivity contribution < 1.29 is 5.11 Å². The average Bonchev–Trinajstić information content (AvgIpc) is 2.39. The monoisotopic (exact) mass is 234 g/mol. The summed E-state index contributed by atoms with van der Waals surface area (Å²) in [6, 6.07) is 4.00. The fraction of sp³-hybridized carbons (Fsp3) is 0.643. The molecule has 94 valence electrons. The van der Waals surface area contributed by atoms with E-state index in [1.54, 1.807) is 6.92 Å². The maximum atomic E-state index is 9.43. The van der Waals surface area contributed by atoms with E-state index < -0.39 is 6.10 Å². The third-order valence-corrected chi connectivity index (χ3v) is 3.66. The highest BCUT2D eigenvalue weighted by Gasteiger charge is 2.18. The van der Waals surface area contributed by atoms with Gasteiger partial charge in [-0.1, -0.05) is 13.3 Å². The van der Waals surface area contributed by atoms with E-state index in [9.17, 15) is 5.11 Å². The fourth-order valence-electron chi connectivity index (χ4n) is 2.46. The predicted octanol–water partition coefficient (Wildman–Crippen LogP) is 2.76. The number of rotatable bonds is 3. The van der Waals surface area contributed by atoms with Gasteiger partial charge in [0.1, 0.15) is 0 Å². The second-order valence-corrected chi connectivity index (χ2v) is 4.98. The van der Waals surface area contributed by atoms with Crippen molar-refractivity contribution in [2.75, 3.05) is 18.0 Å². The van der Waals surface area contributed by atoms with Crippen molar-refractivity contribution >= 4 is 5.69 Å². The third-order valence-electron chi connectivity index (χ3n) is 3.66. The van der Waals surface area contributed by atoms with E-state index in [2.05, 4.69) is 22.9 Å². The zero-order chi connectivity index (χ0) is 12.3. The number of piperidine rings is 1. The molecule has 0 spiro atoms. The van der Waals surface area contributed by atoms with Crippen LogP contribution in [0.15, 0.2) is 18.3 Å². The van der Waals surface area contributed by atoms with Crippen LogP contribution in [0.5, 0.6) is 0 Å². The quantitative estimate of drug-likeness (QED) is 0.873. The Morgan fingerprint density at radius 3 is 2.94 bits per heavy atom. The van der Waals surface area contributed by atoms with Gasteiger partial charge in [-0.25, -0.2) is 0 Å². The van der Waals surface area contributed by atoms with Crippen molar-refractivity contribution in [3.05, 3.63) is 24.0 Å². The standard InChI is InChI=1S/C14H22N2O/c1-3-12-5-4-8-16(10-12)13-6-7-14(11(2)17)15-9-13/h6-7,9,11-12,17H,3-5,8,10H2,1-2H3. The maximum Gasteiger partial charge on any atom is 0.0931 e. The molecular weight excluding hydrogens is 212 g/mol. The highest BCUT2D eigenvalue weighted by atomic mass is 16.3. The lowest BCUT2D eigenvalue weighted by atomic mass is 9.95. The number of pyridine rings is 1. The first kappa shape index (κ1) is 12.4. The zero-order valence-corrected chi connectivity index (χ0v) is 10.8. The normalized spacial score (nSPS) is 22.5. The molecule has 2 atom stereocenters. The molecule has 1 aliphatic heterocycles. The Balaban J connectivity index is 2.06. The molecule has 2 unspecified atom stereocenters. The first-order chi connectivity index (χ1) is 8.20. The number of aromatic nitrogens is 1. The lowest BCUT2D eigenvalue weighted by molar-refractivity contribution is 0.194. The molecule has 1 aliphatic rings. The van der Waals surface area contributed by atoms with E-state index >= 15 is 0 Å². The van der Waals surface area contributed by atoms with Gasteiger partial charge in [-0.2, -0.15) is 0 Å². The summed E-state index contributed by atoms with van der Waals surface area (Å²) < 4.78 is 0. The largest absolute Gasteiger partial charge is 0.387 e. The van der Waals surface area contributed by atoms with E-state index in [1.807, 2.05) is 12.3 Å². The van der Waals surface area contributed by atoms with Gasteiger partial charge in [-0.3, -0.25) is 4.98 Å². The van der Waals surface area contributed by atoms with Crippen molar-refractivity contribution in [2.24, 2.45) is 5.92 Å². The molecular formula is C14H22N2O. The molecule has 0 radical (unpaired) electrons. The highest BCUT2D eigenvalue weighted by Crippen LogP contribution is 2.24. The van der Waals surface area contributed by atoms with Crippen molar-refractivity contribution in [3.8, 4) is 0 Å². The SMILES string of the molecule is CCC1CCCN(c2ccc(C(C)O)nc2)C1. The summed E-state index contributed by atoms with van der Waals surface area (Å²) in [5.41, 5.74) is 1.94. The summed E-state index contributed by atoms with van der Waals surface area (Å²) in [7, 11) is 0. The van der Waals surface area contributed by atoms with Crippen LogP contribution in [0.4, 0.5) is 5.69 Å². The summed E-state index contributed by atoms with van der Waals surface area (Å²) in [6.07, 6.45) is 5.30. The molecule has 3 nitrogen and oxygen atoms in total. The van der Waals surface area contributed by atoms with Crippen LogP contribution in [0.2, 0.25) is 0 Å². The van der Waals surface area contributed by atoms with Gasteiger partial charge >= 0.3 is 0 Å². The maximum absolute atomic E-state index is 9.43. The smallest absolute Gasteiger partial charge is 0.0931 e. The summed E-state index contributed by atoms with van der Waals surface area (Å²) in [5.74, 6) is 0.820. The highest BCUT2D eigenvalue weighted by molar-refractivity contribution is 5.45. The molecule has 17 heavy (non-hydrogen) atoms. The van der Waals surface area contributed by atoms with E-state index in [4.69, 9.17) is 0 Å². The average molecular weight is 234 g/mol. The Hall–Kier alpha value is -1.09. The lowest BCUT2D eigenvalue weighted by Gasteiger charge is -2.33. The van der Waals surface area contributed by atoms with Gasteiger partial charge in [-0.15, -0.1) is 0 Å². The molecule has 1 saturated heterocycles. The van der Waals surface area contributed by atoms with Crippen molar-refractivity contribution in [1.82, 2.24) is 4.98 Å². The molecule has 0 saturated carbocycles. The molecule has 0 aromatic carbocycles. The summed E-state index contributed by atoms with van der Waals surface area (Å²) in [4.78, 5) is 6.73. The van der Waals surface area contributed by atoms with Crippen LogP contribution in [0, 0.1) is 5.92 Å². The van der Waals surface area contributed by atoms with Crippen LogP contribution in [-0.4, -0.2) is 23.2 Å². The minimum absolute atomic E-state index is 0.478. The van der Waals surface area contributed by atoms with Crippen LogP contribution >= 0.6 is 0 Å². The van der Waals surface area contributed by atoms with Crippen molar-refractivity contribution in [1.29, 1.82) is 0 Å². The molecule has 1 fully saturated rings. The lowest BCUT2D eigenvalue weighted by Crippen LogP contribution is -2.35. The van der Waals surface area contributed by atoms with Gasteiger partial charge in [0, 0.05) is 13.1 Å². The second-order valence-electron chi connectivity index (χ2n) is 4.98. The molecule has 0 aliphatic carbocycles. The Morgan fingerprint density at radius 2 is 2.35 bits per heavy atom. The van der Waals surface area contributed by atoms with Gasteiger partial charge in [0.05, 0.1) is 23.7 Å². The van der Waals surface area contributed by atoms with Crippen LogP contribution < -0.4 is 4.90 Å². The molecule has 2 rings (SSSR count). The van der Waals surface area contributed by atoms with Crippen molar-refractivity contribution in [2.45, 2.75) is 39.2 Å². The minimum Gasteiger partial charge on any atom is -0.387 e. The topological polar surface area (TPSA) is 36.4 Å². The van der Waals surface area contributed by atoms with Crippen LogP contribution in [0.3, 0.4) is 0 Å². The van der Waals surface area contributed by atoms with E-state index in [0.29, 0.717) is 0 Å². The Kier molecular flexibility index (Phi) is 4.00. The molecule has 3 heteroatoms. The van der Waals surface area contributed by atoms with E-state index in [-0.39, 0.29) is 0 Å². The molecule has 1 N–H and O–H groups in total. The van der Waals surface area contributed by atoms with Crippen LogP contribution in [0.1, 0.15) is 44.9 Å². The predicted molar refractivity (Wildman–Crippen MR) is 70.1 cm³/mol. The third kappa shape index (κ3) is 2.97. The first-order valence-corrected chi connectivity index (χ1v) is 6.59. The van der Waals surface area contributed by atoms with E-state index in [0.717, 1.165) is 24.7 Å². The van der Waals surface area contributed by atoms with Crippen LogP contribution in [0.25, 0.3) is 0 Å². The van der Waals surface area contributed by atoms with Gasteiger partial charge in [0.15, 0.2) is 0 Å². The molecule has 1 aromatic heterocycles. The summed E-state index contributed by atoms with van der Waals surface area (Å²) in [5, 5.41) is 9.43. The molecule has 1 aromatic rings. The first-order valence-electron chi connectivity index (χ1n) is 6.59. The number of hydrogen-bond donors (Lipinski definition) is 1. The fourth-order valence-corrected chi connectivity index (χ4v) is 2.46. The Morgan fingerprint density at radius 1 is 1.53 bits per heavy atom. The number of aliphatic hydroxyl groups excluding tert-OH is 1. The van der Waals surface area contributed by atoms with Crippen molar-refractivity contribution in [3.63, 3.8) is 0 Å². The molecule has 2 heterocycles. The van der Waals surface area contributed by atoms with Crippen LogP contribution in [-0.2, 0) is 0 Å². The number of nitrogens with zero attached hydrogens (tertiary/aromatic N) is 2. The van der Waals surface area contributed by atoms with Gasteiger partial charge in [-0.05, 0) is 37.8 Å². The zero-order valence-electron chi connectivity index (χ0n) is 10.8. The van der Waals surface area contributed by atoms with Gasteiger partial charge in [0.2, 0.25) is 0 Å². The molecule has 0 amide bonds. The molecule has 0 bridgehead atoms. The summed E-state index contributed by atoms with van der Waals surface area (Å²) in [6.45, 7) is 6.29. The Bertz CT molecular complexity index is 348. The second kappa shape index (κ2) is 5.50. The van der Waals surface area contributed by atoms with Gasteiger partial charge in [0.25, 0.3) is 0 Å². The summed E-state index contributed by atoms with van der Waals surface area (Å²) >= 11 is 0.